The molecule has 0 fully saturated rings. The van der Waals surface area contributed by atoms with Gasteiger partial charge >= 0.3 is 0 Å². The second-order valence-corrected chi connectivity index (χ2v) is 4.39. The lowest BCUT2D eigenvalue weighted by molar-refractivity contribution is -0.118. The SMILES string of the molecule is CN(CCCN=C=O)CC(O)C(O)C(O)C(O)CO. The predicted molar refractivity (Wildman–Crippen MR) is 66.2 cm³/mol. The van der Waals surface area contributed by atoms with Crippen LogP contribution in [0.15, 0.2) is 4.99 Å². The number of rotatable bonds is 10. The molecule has 0 aromatic heterocycles. The number of aliphatic imine (C=N–C) groups is 1. The van der Waals surface area contributed by atoms with Gasteiger partial charge in [-0.15, -0.1) is 0 Å². The first kappa shape index (κ1) is 18.1. The van der Waals surface area contributed by atoms with Gasteiger partial charge in [0.2, 0.25) is 6.08 Å². The maximum atomic E-state index is 9.83. The molecule has 0 aromatic rings. The molecule has 0 spiro atoms. The minimum atomic E-state index is -1.62. The Labute approximate surface area is 111 Å². The largest absolute Gasteiger partial charge is 0.394 e. The van der Waals surface area contributed by atoms with Crippen LogP contribution in [0.1, 0.15) is 6.42 Å². The van der Waals surface area contributed by atoms with Crippen molar-refractivity contribution < 1.29 is 30.3 Å². The predicted octanol–water partition coefficient (Wildman–Crippen LogP) is -2.92. The molecule has 112 valence electrons. The maximum Gasteiger partial charge on any atom is 0.234 e. The van der Waals surface area contributed by atoms with E-state index in [9.17, 15) is 20.1 Å². The average molecular weight is 278 g/mol. The summed E-state index contributed by atoms with van der Waals surface area (Å²) in [6.07, 6.45) is -3.94. The number of aliphatic hydroxyl groups excluding tert-OH is 5. The molecular formula is C11H22N2O6. The van der Waals surface area contributed by atoms with Crippen LogP contribution in [0.3, 0.4) is 0 Å². The first-order valence-electron chi connectivity index (χ1n) is 5.99. The summed E-state index contributed by atoms with van der Waals surface area (Å²) in [5, 5.41) is 46.4. The third kappa shape index (κ3) is 7.34. The molecule has 0 aliphatic heterocycles. The van der Waals surface area contributed by atoms with Crippen LogP contribution < -0.4 is 0 Å². The van der Waals surface area contributed by atoms with E-state index >= 15 is 0 Å². The standard InChI is InChI=1S/C11H22N2O6/c1-13(4-2-3-12-7-15)5-8(16)10(18)11(19)9(17)6-14/h8-11,14,16-19H,2-6H2,1H3. The molecule has 0 aromatic carbocycles. The minimum Gasteiger partial charge on any atom is -0.394 e. The van der Waals surface area contributed by atoms with Crippen LogP contribution in [0.25, 0.3) is 0 Å². The van der Waals surface area contributed by atoms with Crippen molar-refractivity contribution in [1.29, 1.82) is 0 Å². The molecule has 8 nitrogen and oxygen atoms in total. The molecule has 0 saturated carbocycles. The van der Waals surface area contributed by atoms with Crippen molar-refractivity contribution in [3.05, 3.63) is 0 Å². The number of likely N-dealkylation sites (N-methyl/N-ethyl adjacent to an activating group) is 1. The van der Waals surface area contributed by atoms with E-state index in [4.69, 9.17) is 10.2 Å². The molecular weight excluding hydrogens is 256 g/mol. The smallest absolute Gasteiger partial charge is 0.234 e. The fourth-order valence-corrected chi connectivity index (χ4v) is 1.55. The molecule has 4 atom stereocenters. The summed E-state index contributed by atoms with van der Waals surface area (Å²) >= 11 is 0. The number of carbonyl (C=O) groups excluding carboxylic acids is 1. The van der Waals surface area contributed by atoms with Gasteiger partial charge in [0, 0.05) is 6.54 Å². The first-order valence-corrected chi connectivity index (χ1v) is 5.99. The molecule has 0 aliphatic rings. The maximum absolute atomic E-state index is 9.83. The zero-order valence-electron chi connectivity index (χ0n) is 10.9. The summed E-state index contributed by atoms with van der Waals surface area (Å²) in [7, 11) is 1.69. The van der Waals surface area contributed by atoms with Crippen LogP contribution in [0.4, 0.5) is 0 Å². The van der Waals surface area contributed by atoms with Crippen LogP contribution in [0.5, 0.6) is 0 Å². The quantitative estimate of drug-likeness (QED) is 0.164. The summed E-state index contributed by atoms with van der Waals surface area (Å²) < 4.78 is 0. The average Bonchev–Trinajstić information content (AvgIpc) is 2.40. The first-order chi connectivity index (χ1) is 8.93. The Bertz CT molecular complexity index is 284. The molecule has 8 heteroatoms. The molecule has 0 radical (unpaired) electrons. The van der Waals surface area contributed by atoms with Crippen molar-refractivity contribution in [1.82, 2.24) is 4.90 Å². The van der Waals surface area contributed by atoms with E-state index in [1.165, 1.54) is 6.08 Å². The van der Waals surface area contributed by atoms with Crippen LogP contribution in [0.2, 0.25) is 0 Å². The number of nitrogens with zero attached hydrogens (tertiary/aromatic N) is 2. The fraction of sp³-hybridized carbons (Fsp3) is 0.909. The van der Waals surface area contributed by atoms with Gasteiger partial charge in [0.15, 0.2) is 0 Å². The van der Waals surface area contributed by atoms with Gasteiger partial charge < -0.3 is 30.4 Å². The Kier molecular flexibility index (Phi) is 9.54. The minimum absolute atomic E-state index is 0.0706. The third-order valence-corrected chi connectivity index (χ3v) is 2.70. The van der Waals surface area contributed by atoms with Crippen LogP contribution in [-0.4, -0.2) is 94.2 Å². The van der Waals surface area contributed by atoms with Crippen molar-refractivity contribution in [2.24, 2.45) is 4.99 Å². The summed E-state index contributed by atoms with van der Waals surface area (Å²) in [6, 6.07) is 0. The molecule has 0 bridgehead atoms. The number of isocyanates is 1. The van der Waals surface area contributed by atoms with Gasteiger partial charge in [-0.3, -0.25) is 0 Å². The van der Waals surface area contributed by atoms with E-state index in [2.05, 4.69) is 4.99 Å². The zero-order chi connectivity index (χ0) is 14.8. The normalized spacial score (nSPS) is 17.6. The van der Waals surface area contributed by atoms with Crippen molar-refractivity contribution in [3.8, 4) is 0 Å². The zero-order valence-corrected chi connectivity index (χ0v) is 10.9. The molecule has 4 unspecified atom stereocenters. The Hall–Kier alpha value is -0.860. The number of aliphatic hydroxyl groups is 5. The molecule has 0 rings (SSSR count). The molecule has 0 amide bonds. The Morgan fingerprint density at radius 3 is 2.26 bits per heavy atom. The van der Waals surface area contributed by atoms with Gasteiger partial charge in [-0.05, 0) is 20.0 Å². The van der Waals surface area contributed by atoms with Crippen LogP contribution in [-0.2, 0) is 4.79 Å². The highest BCUT2D eigenvalue weighted by Crippen LogP contribution is 2.06. The van der Waals surface area contributed by atoms with Crippen molar-refractivity contribution in [2.45, 2.75) is 30.8 Å². The lowest BCUT2D eigenvalue weighted by Gasteiger charge is -2.28. The summed E-state index contributed by atoms with van der Waals surface area (Å²) in [4.78, 5) is 14.9. The van der Waals surface area contributed by atoms with Crippen molar-refractivity contribution >= 4 is 6.08 Å². The molecule has 0 heterocycles. The Morgan fingerprint density at radius 2 is 1.74 bits per heavy atom. The van der Waals surface area contributed by atoms with Crippen molar-refractivity contribution in [2.75, 3.05) is 33.3 Å². The van der Waals surface area contributed by atoms with E-state index in [0.717, 1.165) is 0 Å². The highest BCUT2D eigenvalue weighted by molar-refractivity contribution is 5.32. The lowest BCUT2D eigenvalue weighted by Crippen LogP contribution is -2.49. The molecule has 0 saturated heterocycles. The molecule has 0 aliphatic carbocycles. The van der Waals surface area contributed by atoms with Gasteiger partial charge in [0.25, 0.3) is 0 Å². The summed E-state index contributed by atoms with van der Waals surface area (Å²) in [5.41, 5.74) is 0. The van der Waals surface area contributed by atoms with Crippen molar-refractivity contribution in [3.63, 3.8) is 0 Å². The van der Waals surface area contributed by atoms with E-state index in [1.807, 2.05) is 0 Å². The number of hydrogen-bond acceptors (Lipinski definition) is 8. The monoisotopic (exact) mass is 278 g/mol. The van der Waals surface area contributed by atoms with Gasteiger partial charge in [-0.2, -0.15) is 0 Å². The Balaban J connectivity index is 4.06. The number of hydrogen-bond donors (Lipinski definition) is 5. The highest BCUT2D eigenvalue weighted by Gasteiger charge is 2.30. The lowest BCUT2D eigenvalue weighted by atomic mass is 10.0. The highest BCUT2D eigenvalue weighted by atomic mass is 16.4. The topological polar surface area (TPSA) is 134 Å². The Morgan fingerprint density at radius 1 is 1.16 bits per heavy atom. The third-order valence-electron chi connectivity index (χ3n) is 2.70. The summed E-state index contributed by atoms with van der Waals surface area (Å²) in [5.74, 6) is 0. The van der Waals surface area contributed by atoms with E-state index in [0.29, 0.717) is 19.5 Å². The van der Waals surface area contributed by atoms with Gasteiger partial charge in [-0.25, -0.2) is 9.79 Å². The van der Waals surface area contributed by atoms with E-state index < -0.39 is 31.0 Å². The van der Waals surface area contributed by atoms with E-state index in [1.54, 1.807) is 11.9 Å². The second kappa shape index (κ2) is 9.99. The van der Waals surface area contributed by atoms with Gasteiger partial charge in [0.05, 0.1) is 19.3 Å². The van der Waals surface area contributed by atoms with Crippen LogP contribution in [0, 0.1) is 0 Å². The second-order valence-electron chi connectivity index (χ2n) is 4.39. The van der Waals surface area contributed by atoms with Gasteiger partial charge in [0.1, 0.15) is 18.3 Å². The van der Waals surface area contributed by atoms with Crippen LogP contribution >= 0.6 is 0 Å². The molecule has 5 N–H and O–H groups in total. The van der Waals surface area contributed by atoms with Gasteiger partial charge in [-0.1, -0.05) is 0 Å². The molecule has 19 heavy (non-hydrogen) atoms. The summed E-state index contributed by atoms with van der Waals surface area (Å²) in [6.45, 7) is 0.234. The fourth-order valence-electron chi connectivity index (χ4n) is 1.55. The van der Waals surface area contributed by atoms with E-state index in [-0.39, 0.29) is 6.54 Å².